The Labute approximate surface area is 150 Å². The molecule has 138 valence electrons. The molecule has 3 rings (SSSR count). The van der Waals surface area contributed by atoms with Gasteiger partial charge in [0.05, 0.1) is 6.54 Å². The second kappa shape index (κ2) is 7.73. The van der Waals surface area contributed by atoms with E-state index in [0.717, 1.165) is 43.4 Å². The lowest BCUT2D eigenvalue weighted by molar-refractivity contribution is 0.264. The first kappa shape index (κ1) is 18.2. The van der Waals surface area contributed by atoms with E-state index in [2.05, 4.69) is 36.6 Å². The van der Waals surface area contributed by atoms with Crippen LogP contribution >= 0.6 is 0 Å². The number of halogens is 1. The highest BCUT2D eigenvalue weighted by Gasteiger charge is 2.45. The van der Waals surface area contributed by atoms with Gasteiger partial charge in [-0.3, -0.25) is 4.99 Å². The Kier molecular flexibility index (Phi) is 5.62. The summed E-state index contributed by atoms with van der Waals surface area (Å²) in [6.07, 6.45) is 4.68. The van der Waals surface area contributed by atoms with Crippen LogP contribution in [0.2, 0.25) is 0 Å². The van der Waals surface area contributed by atoms with Gasteiger partial charge in [0.25, 0.3) is 0 Å². The molecule has 2 fully saturated rings. The fourth-order valence-corrected chi connectivity index (χ4v) is 3.58. The molecule has 2 aliphatic rings. The molecule has 2 saturated carbocycles. The quantitative estimate of drug-likeness (QED) is 0.562. The number of nitrogens with one attached hydrogen (secondary N) is 2. The van der Waals surface area contributed by atoms with Crippen molar-refractivity contribution < 1.29 is 4.39 Å². The van der Waals surface area contributed by atoms with Gasteiger partial charge in [-0.1, -0.05) is 18.2 Å². The molecular weight excluding hydrogens is 315 g/mol. The van der Waals surface area contributed by atoms with E-state index in [1.807, 2.05) is 12.1 Å². The maximum absolute atomic E-state index is 14.2. The van der Waals surface area contributed by atoms with Crippen LogP contribution in [-0.2, 0) is 5.41 Å². The molecule has 0 radical (unpaired) electrons. The molecule has 1 atom stereocenters. The maximum Gasteiger partial charge on any atom is 0.191 e. The molecule has 1 aromatic rings. The summed E-state index contributed by atoms with van der Waals surface area (Å²) in [4.78, 5) is 7.09. The van der Waals surface area contributed by atoms with Crippen LogP contribution in [0.3, 0.4) is 0 Å². The van der Waals surface area contributed by atoms with E-state index < -0.39 is 0 Å². The number of nitrogens with zero attached hydrogens (tertiary/aromatic N) is 2. The molecule has 2 N–H and O–H groups in total. The van der Waals surface area contributed by atoms with Gasteiger partial charge in [0.15, 0.2) is 5.96 Å². The lowest BCUT2D eigenvalue weighted by atomic mass is 9.95. The van der Waals surface area contributed by atoms with Gasteiger partial charge in [-0.25, -0.2) is 4.39 Å². The van der Waals surface area contributed by atoms with Crippen LogP contribution < -0.4 is 10.6 Å². The predicted molar refractivity (Wildman–Crippen MR) is 101 cm³/mol. The minimum atomic E-state index is -0.106. The highest BCUT2D eigenvalue weighted by molar-refractivity contribution is 5.79. The van der Waals surface area contributed by atoms with Crippen LogP contribution in [0.4, 0.5) is 4.39 Å². The van der Waals surface area contributed by atoms with Crippen LogP contribution in [0.15, 0.2) is 29.3 Å². The Morgan fingerprint density at radius 2 is 2.00 bits per heavy atom. The smallest absolute Gasteiger partial charge is 0.191 e. The first-order valence-corrected chi connectivity index (χ1v) is 9.49. The van der Waals surface area contributed by atoms with Crippen molar-refractivity contribution in [3.05, 3.63) is 35.6 Å². The Hall–Kier alpha value is -1.62. The molecule has 4 nitrogen and oxygen atoms in total. The summed E-state index contributed by atoms with van der Waals surface area (Å²) in [6, 6.07) is 7.68. The fourth-order valence-electron chi connectivity index (χ4n) is 3.58. The molecule has 0 amide bonds. The largest absolute Gasteiger partial charge is 0.357 e. The number of guanidine groups is 1. The van der Waals surface area contributed by atoms with E-state index in [-0.39, 0.29) is 11.2 Å². The van der Waals surface area contributed by atoms with Crippen molar-refractivity contribution in [3.63, 3.8) is 0 Å². The SMILES string of the molecule is CCNC(=NCC1(c2ccccc2F)CC1)NCC(C1CC1)N(C)C. The van der Waals surface area contributed by atoms with Gasteiger partial charge in [0, 0.05) is 24.5 Å². The highest BCUT2D eigenvalue weighted by atomic mass is 19.1. The Morgan fingerprint density at radius 3 is 2.56 bits per heavy atom. The average Bonchev–Trinajstić information content (AvgIpc) is 3.48. The molecule has 0 aliphatic heterocycles. The molecular formula is C20H31FN4. The molecule has 0 heterocycles. The average molecular weight is 346 g/mol. The van der Waals surface area contributed by atoms with E-state index >= 15 is 0 Å². The lowest BCUT2D eigenvalue weighted by Crippen LogP contribution is -2.46. The minimum Gasteiger partial charge on any atom is -0.357 e. The summed E-state index contributed by atoms with van der Waals surface area (Å²) in [5.74, 6) is 1.55. The van der Waals surface area contributed by atoms with E-state index in [9.17, 15) is 4.39 Å². The minimum absolute atomic E-state index is 0.102. The maximum atomic E-state index is 14.2. The van der Waals surface area contributed by atoms with Crippen molar-refractivity contribution in [1.29, 1.82) is 0 Å². The highest BCUT2D eigenvalue weighted by Crippen LogP contribution is 2.49. The fraction of sp³-hybridized carbons (Fsp3) is 0.650. The third-order valence-electron chi connectivity index (χ3n) is 5.49. The number of hydrogen-bond donors (Lipinski definition) is 2. The van der Waals surface area contributed by atoms with Crippen molar-refractivity contribution in [2.45, 2.75) is 44.1 Å². The third kappa shape index (κ3) is 4.51. The van der Waals surface area contributed by atoms with Crippen LogP contribution in [0.5, 0.6) is 0 Å². The molecule has 1 aromatic carbocycles. The molecule has 1 unspecified atom stereocenters. The zero-order valence-electron chi connectivity index (χ0n) is 15.7. The Bertz CT molecular complexity index is 603. The standard InChI is InChI=1S/C20H31FN4/c1-4-22-19(23-13-18(25(2)3)15-9-10-15)24-14-20(11-12-20)16-7-5-6-8-17(16)21/h5-8,15,18H,4,9-14H2,1-3H3,(H2,22,23,24). The monoisotopic (exact) mass is 346 g/mol. The molecule has 2 aliphatic carbocycles. The van der Waals surface area contributed by atoms with Gasteiger partial charge < -0.3 is 15.5 Å². The van der Waals surface area contributed by atoms with E-state index in [0.29, 0.717) is 12.6 Å². The van der Waals surface area contributed by atoms with Crippen LogP contribution in [-0.4, -0.2) is 50.6 Å². The normalized spacial score (nSPS) is 20.4. The molecule has 0 saturated heterocycles. The molecule has 5 heteroatoms. The zero-order valence-corrected chi connectivity index (χ0v) is 15.7. The number of rotatable bonds is 8. The van der Waals surface area contributed by atoms with Gasteiger partial charge in [0.1, 0.15) is 5.82 Å². The first-order chi connectivity index (χ1) is 12.1. The van der Waals surface area contributed by atoms with Gasteiger partial charge in [-0.15, -0.1) is 0 Å². The molecule has 0 spiro atoms. The zero-order chi connectivity index (χ0) is 17.9. The van der Waals surface area contributed by atoms with Crippen molar-refractivity contribution in [1.82, 2.24) is 15.5 Å². The first-order valence-electron chi connectivity index (χ1n) is 9.49. The van der Waals surface area contributed by atoms with Gasteiger partial charge in [-0.05, 0) is 64.3 Å². The third-order valence-corrected chi connectivity index (χ3v) is 5.49. The van der Waals surface area contributed by atoms with Crippen molar-refractivity contribution >= 4 is 5.96 Å². The van der Waals surface area contributed by atoms with E-state index in [1.165, 1.54) is 12.8 Å². The summed E-state index contributed by atoms with van der Waals surface area (Å²) >= 11 is 0. The summed E-state index contributed by atoms with van der Waals surface area (Å²) in [6.45, 7) is 4.44. The van der Waals surface area contributed by atoms with Crippen LogP contribution in [0, 0.1) is 11.7 Å². The van der Waals surface area contributed by atoms with Crippen molar-refractivity contribution in [2.75, 3.05) is 33.7 Å². The summed E-state index contributed by atoms with van der Waals surface area (Å²) in [7, 11) is 4.29. The predicted octanol–water partition coefficient (Wildman–Crippen LogP) is 2.75. The summed E-state index contributed by atoms with van der Waals surface area (Å²) < 4.78 is 14.2. The Morgan fingerprint density at radius 1 is 1.28 bits per heavy atom. The molecule has 25 heavy (non-hydrogen) atoms. The number of hydrogen-bond acceptors (Lipinski definition) is 2. The Balaban J connectivity index is 1.63. The van der Waals surface area contributed by atoms with Crippen molar-refractivity contribution in [3.8, 4) is 0 Å². The van der Waals surface area contributed by atoms with Crippen LogP contribution in [0.25, 0.3) is 0 Å². The molecule has 0 bridgehead atoms. The number of aliphatic imine (C=N–C) groups is 1. The topological polar surface area (TPSA) is 39.7 Å². The second-order valence-electron chi connectivity index (χ2n) is 7.70. The van der Waals surface area contributed by atoms with Crippen molar-refractivity contribution in [2.24, 2.45) is 10.9 Å². The van der Waals surface area contributed by atoms with Gasteiger partial charge in [0.2, 0.25) is 0 Å². The summed E-state index contributed by atoms with van der Waals surface area (Å²) in [5.41, 5.74) is 0.712. The van der Waals surface area contributed by atoms with E-state index in [1.54, 1.807) is 12.1 Å². The van der Waals surface area contributed by atoms with Gasteiger partial charge in [-0.2, -0.15) is 0 Å². The van der Waals surface area contributed by atoms with E-state index in [4.69, 9.17) is 4.99 Å². The lowest BCUT2D eigenvalue weighted by Gasteiger charge is -2.25. The van der Waals surface area contributed by atoms with Crippen LogP contribution in [0.1, 0.15) is 38.2 Å². The van der Waals surface area contributed by atoms with Gasteiger partial charge >= 0.3 is 0 Å². The summed E-state index contributed by atoms with van der Waals surface area (Å²) in [5, 5.41) is 6.82. The number of likely N-dealkylation sites (N-methyl/N-ethyl adjacent to an activating group) is 1. The number of benzene rings is 1. The molecule has 0 aromatic heterocycles. The second-order valence-corrected chi connectivity index (χ2v) is 7.70.